The molecule has 0 fully saturated rings. The Morgan fingerprint density at radius 1 is 0.833 bits per heavy atom. The first-order chi connectivity index (χ1) is 7.98. The highest BCUT2D eigenvalue weighted by molar-refractivity contribution is 5.50. The van der Waals surface area contributed by atoms with Crippen molar-refractivity contribution >= 4 is 0 Å². The van der Waals surface area contributed by atoms with Gasteiger partial charge < -0.3 is 10.2 Å². The molecule has 0 aliphatic heterocycles. The minimum atomic E-state index is -0.179. The normalized spacial score (nSPS) is 13.1. The fraction of sp³-hybridized carbons (Fsp3) is 0.625. The van der Waals surface area contributed by atoms with Crippen LogP contribution >= 0.6 is 0 Å². The van der Waals surface area contributed by atoms with Crippen LogP contribution in [0.1, 0.15) is 59.6 Å². The Morgan fingerprint density at radius 3 is 1.61 bits per heavy atom. The van der Waals surface area contributed by atoms with Gasteiger partial charge in [-0.1, -0.05) is 48.5 Å². The third-order valence-electron chi connectivity index (χ3n) is 4.06. The molecule has 0 saturated carbocycles. The zero-order valence-corrected chi connectivity index (χ0v) is 12.6. The van der Waals surface area contributed by atoms with Gasteiger partial charge in [0.2, 0.25) is 0 Å². The lowest BCUT2D eigenvalue weighted by atomic mass is 9.73. The van der Waals surface area contributed by atoms with E-state index in [1.165, 1.54) is 0 Å². The fourth-order valence-electron chi connectivity index (χ4n) is 2.00. The number of aromatic hydroxyl groups is 2. The molecule has 0 unspecified atom stereocenters. The molecule has 1 rings (SSSR count). The van der Waals surface area contributed by atoms with Crippen LogP contribution < -0.4 is 0 Å². The molecular formula is C16H26O2. The van der Waals surface area contributed by atoms with Crippen LogP contribution in [0.15, 0.2) is 12.1 Å². The van der Waals surface area contributed by atoms with Crippen molar-refractivity contribution in [3.8, 4) is 11.5 Å². The van der Waals surface area contributed by atoms with Crippen molar-refractivity contribution in [2.75, 3.05) is 0 Å². The summed E-state index contributed by atoms with van der Waals surface area (Å²) < 4.78 is 0. The summed E-state index contributed by atoms with van der Waals surface area (Å²) in [6.45, 7) is 14.5. The van der Waals surface area contributed by atoms with Crippen molar-refractivity contribution in [3.63, 3.8) is 0 Å². The van der Waals surface area contributed by atoms with Crippen LogP contribution in [0.2, 0.25) is 0 Å². The van der Waals surface area contributed by atoms with Gasteiger partial charge in [0.15, 0.2) is 0 Å². The van der Waals surface area contributed by atoms with Crippen molar-refractivity contribution < 1.29 is 10.2 Å². The van der Waals surface area contributed by atoms with Crippen LogP contribution in [0.5, 0.6) is 11.5 Å². The van der Waals surface area contributed by atoms with Crippen LogP contribution in [0, 0.1) is 5.92 Å². The van der Waals surface area contributed by atoms with Crippen LogP contribution in [-0.2, 0) is 10.8 Å². The Hall–Kier alpha value is -1.18. The van der Waals surface area contributed by atoms with Crippen LogP contribution in [-0.4, -0.2) is 10.2 Å². The van der Waals surface area contributed by atoms with Crippen LogP contribution in [0.3, 0.4) is 0 Å². The highest BCUT2D eigenvalue weighted by Gasteiger charge is 2.30. The summed E-state index contributed by atoms with van der Waals surface area (Å²) in [6, 6.07) is 3.42. The Balaban J connectivity index is 3.41. The highest BCUT2D eigenvalue weighted by atomic mass is 16.3. The number of phenolic OH excluding ortho intramolecular Hbond substituents is 2. The standard InChI is InChI=1S/C16H26O2/c1-10(2)16(6,7)12-9-13(17)11(8-14(12)18)15(3,4)5/h8-10,17-18H,1-7H3. The van der Waals surface area contributed by atoms with Gasteiger partial charge in [-0.15, -0.1) is 0 Å². The van der Waals surface area contributed by atoms with E-state index >= 15 is 0 Å². The topological polar surface area (TPSA) is 40.5 Å². The minimum absolute atomic E-state index is 0.169. The first kappa shape index (κ1) is 14.9. The summed E-state index contributed by atoms with van der Waals surface area (Å²) in [5, 5.41) is 20.4. The summed E-state index contributed by atoms with van der Waals surface area (Å²) >= 11 is 0. The van der Waals surface area contributed by atoms with Crippen molar-refractivity contribution in [1.29, 1.82) is 0 Å². The van der Waals surface area contributed by atoms with Crippen molar-refractivity contribution in [1.82, 2.24) is 0 Å². The van der Waals surface area contributed by atoms with Gasteiger partial charge in [-0.05, 0) is 28.9 Å². The van der Waals surface area contributed by atoms with E-state index in [-0.39, 0.29) is 22.3 Å². The lowest BCUT2D eigenvalue weighted by Crippen LogP contribution is -2.25. The SMILES string of the molecule is CC(C)C(C)(C)c1cc(O)c(C(C)(C)C)cc1O. The molecule has 0 amide bonds. The Bertz CT molecular complexity index is 437. The second-order valence-corrected chi connectivity index (χ2v) is 7.01. The largest absolute Gasteiger partial charge is 0.508 e. The molecule has 0 aromatic heterocycles. The summed E-state index contributed by atoms with van der Waals surface area (Å²) in [7, 11) is 0. The Kier molecular flexibility index (Phi) is 3.71. The third-order valence-corrected chi connectivity index (χ3v) is 4.06. The van der Waals surface area contributed by atoms with Crippen LogP contribution in [0.4, 0.5) is 0 Å². The van der Waals surface area contributed by atoms with Gasteiger partial charge in [0.1, 0.15) is 11.5 Å². The molecule has 0 saturated heterocycles. The first-order valence-corrected chi connectivity index (χ1v) is 6.55. The lowest BCUT2D eigenvalue weighted by Gasteiger charge is -2.32. The van der Waals surface area contributed by atoms with Gasteiger partial charge in [0.05, 0.1) is 0 Å². The molecule has 2 N–H and O–H groups in total. The Labute approximate surface area is 111 Å². The highest BCUT2D eigenvalue weighted by Crippen LogP contribution is 2.42. The number of benzene rings is 1. The molecule has 0 aliphatic carbocycles. The molecule has 0 bridgehead atoms. The smallest absolute Gasteiger partial charge is 0.119 e. The number of phenols is 2. The maximum Gasteiger partial charge on any atom is 0.119 e. The molecule has 2 nitrogen and oxygen atoms in total. The molecule has 102 valence electrons. The van der Waals surface area contributed by atoms with Crippen molar-refractivity contribution in [2.45, 2.75) is 59.3 Å². The molecule has 0 aliphatic rings. The number of hydrogen-bond donors (Lipinski definition) is 2. The maximum atomic E-state index is 10.3. The van der Waals surface area contributed by atoms with Gasteiger partial charge in [-0.2, -0.15) is 0 Å². The molecule has 1 aromatic carbocycles. The van der Waals surface area contributed by atoms with Gasteiger partial charge >= 0.3 is 0 Å². The van der Waals surface area contributed by atoms with Crippen molar-refractivity contribution in [3.05, 3.63) is 23.3 Å². The van der Waals surface area contributed by atoms with E-state index in [4.69, 9.17) is 0 Å². The maximum absolute atomic E-state index is 10.3. The van der Waals surface area contributed by atoms with Crippen molar-refractivity contribution in [2.24, 2.45) is 5.92 Å². The van der Waals surface area contributed by atoms with E-state index in [0.717, 1.165) is 11.1 Å². The van der Waals surface area contributed by atoms with E-state index in [2.05, 4.69) is 27.7 Å². The van der Waals surface area contributed by atoms with Gasteiger partial charge in [0, 0.05) is 11.1 Å². The molecule has 1 aromatic rings. The van der Waals surface area contributed by atoms with Crippen LogP contribution in [0.25, 0.3) is 0 Å². The molecule has 0 spiro atoms. The second kappa shape index (κ2) is 4.49. The van der Waals surface area contributed by atoms with Gasteiger partial charge in [-0.25, -0.2) is 0 Å². The Morgan fingerprint density at radius 2 is 1.22 bits per heavy atom. The number of hydrogen-bond acceptors (Lipinski definition) is 2. The predicted octanol–water partition coefficient (Wildman–Crippen LogP) is 4.33. The average Bonchev–Trinajstić information content (AvgIpc) is 2.18. The minimum Gasteiger partial charge on any atom is -0.508 e. The molecule has 2 heteroatoms. The van der Waals surface area contributed by atoms with E-state index in [1.807, 2.05) is 20.8 Å². The predicted molar refractivity (Wildman–Crippen MR) is 76.3 cm³/mol. The molecule has 18 heavy (non-hydrogen) atoms. The summed E-state index contributed by atoms with van der Waals surface area (Å²) in [6.07, 6.45) is 0. The molecule has 0 radical (unpaired) electrons. The molecule has 0 heterocycles. The fourth-order valence-corrected chi connectivity index (χ4v) is 2.00. The van der Waals surface area contributed by atoms with E-state index < -0.39 is 0 Å². The van der Waals surface area contributed by atoms with Gasteiger partial charge in [-0.3, -0.25) is 0 Å². The summed E-state index contributed by atoms with van der Waals surface area (Å²) in [5.41, 5.74) is 1.24. The van der Waals surface area contributed by atoms with E-state index in [1.54, 1.807) is 12.1 Å². The van der Waals surface area contributed by atoms with Gasteiger partial charge in [0.25, 0.3) is 0 Å². The first-order valence-electron chi connectivity index (χ1n) is 6.55. The summed E-state index contributed by atoms with van der Waals surface area (Å²) in [5.74, 6) is 0.920. The quantitative estimate of drug-likeness (QED) is 0.767. The van der Waals surface area contributed by atoms with E-state index in [0.29, 0.717) is 5.92 Å². The summed E-state index contributed by atoms with van der Waals surface area (Å²) in [4.78, 5) is 0. The third kappa shape index (κ3) is 2.63. The molecular weight excluding hydrogens is 224 g/mol. The second-order valence-electron chi connectivity index (χ2n) is 7.01. The zero-order chi connectivity index (χ0) is 14.3. The monoisotopic (exact) mass is 250 g/mol. The molecule has 0 atom stereocenters. The van der Waals surface area contributed by atoms with E-state index in [9.17, 15) is 10.2 Å². The average molecular weight is 250 g/mol. The lowest BCUT2D eigenvalue weighted by molar-refractivity contribution is 0.347. The number of rotatable bonds is 2. The zero-order valence-electron chi connectivity index (χ0n) is 12.6.